The number of nitrogens with zero attached hydrogens (tertiary/aromatic N) is 4. The van der Waals surface area contributed by atoms with Gasteiger partial charge in [0.05, 0.1) is 11.3 Å². The van der Waals surface area contributed by atoms with Crippen LogP contribution in [0.3, 0.4) is 0 Å². The summed E-state index contributed by atoms with van der Waals surface area (Å²) >= 11 is 8.92. The predicted molar refractivity (Wildman–Crippen MR) is 145 cm³/mol. The third kappa shape index (κ3) is 5.94. The maximum absolute atomic E-state index is 12.8. The molecule has 1 aromatic carbocycles. The van der Waals surface area contributed by atoms with Crippen LogP contribution in [0.25, 0.3) is 0 Å². The molecule has 4 rings (SSSR count). The number of allylic oxidation sites excluding steroid dienone is 1. The van der Waals surface area contributed by atoms with Crippen molar-refractivity contribution in [2.75, 3.05) is 11.1 Å². The summed E-state index contributed by atoms with van der Waals surface area (Å²) in [6.45, 7) is 8.66. The van der Waals surface area contributed by atoms with Gasteiger partial charge in [-0.25, -0.2) is 0 Å². The number of hydrogen-bond acceptors (Lipinski definition) is 7. The molecule has 0 radical (unpaired) electrons. The number of nitriles is 1. The minimum atomic E-state index is -0.176. The lowest BCUT2D eigenvalue weighted by Crippen LogP contribution is -2.15. The predicted octanol–water partition coefficient (Wildman–Crippen LogP) is 6.18. The van der Waals surface area contributed by atoms with Crippen molar-refractivity contribution in [2.45, 2.75) is 57.8 Å². The van der Waals surface area contributed by atoms with Gasteiger partial charge in [-0.15, -0.1) is 28.1 Å². The van der Waals surface area contributed by atoms with Gasteiger partial charge in [0, 0.05) is 16.4 Å². The smallest absolute Gasteiger partial charge is 0.235 e. The van der Waals surface area contributed by atoms with Crippen molar-refractivity contribution in [3.8, 4) is 11.8 Å². The van der Waals surface area contributed by atoms with Gasteiger partial charge in [-0.2, -0.15) is 5.26 Å². The zero-order chi connectivity index (χ0) is 25.7. The number of hydrogen-bond donors (Lipinski definition) is 1. The number of benzene rings is 1. The van der Waals surface area contributed by atoms with Gasteiger partial charge in [-0.1, -0.05) is 42.8 Å². The highest BCUT2D eigenvalue weighted by Crippen LogP contribution is 2.40. The fraction of sp³-hybridized carbons (Fsp3) is 0.385. The first-order valence-electron chi connectivity index (χ1n) is 11.8. The summed E-state index contributed by atoms with van der Waals surface area (Å²) in [5.41, 5.74) is 2.66. The highest BCUT2D eigenvalue weighted by molar-refractivity contribution is 7.99. The number of amides is 1. The number of aromatic nitrogens is 3. The molecule has 1 amide bonds. The van der Waals surface area contributed by atoms with Crippen LogP contribution in [0, 0.1) is 24.2 Å². The summed E-state index contributed by atoms with van der Waals surface area (Å²) in [4.78, 5) is 14.0. The third-order valence-electron chi connectivity index (χ3n) is 6.24. The number of fused-ring (bicyclic) bond motifs is 1. The molecule has 36 heavy (non-hydrogen) atoms. The largest absolute Gasteiger partial charge is 0.486 e. The molecule has 1 aliphatic rings. The first kappa shape index (κ1) is 26.3. The Morgan fingerprint density at radius 1 is 1.47 bits per heavy atom. The maximum atomic E-state index is 12.8. The Balaban J connectivity index is 1.40. The fourth-order valence-electron chi connectivity index (χ4n) is 4.20. The molecule has 0 fully saturated rings. The fourth-order valence-corrected chi connectivity index (χ4v) is 6.41. The van der Waals surface area contributed by atoms with E-state index in [1.54, 1.807) is 23.5 Å². The zero-order valence-corrected chi connectivity index (χ0v) is 22.7. The topological polar surface area (TPSA) is 92.8 Å². The van der Waals surface area contributed by atoms with Crippen LogP contribution < -0.4 is 10.1 Å². The molecule has 2 heterocycles. The van der Waals surface area contributed by atoms with E-state index in [4.69, 9.17) is 16.3 Å². The molecule has 1 unspecified atom stereocenters. The van der Waals surface area contributed by atoms with Crippen molar-refractivity contribution in [2.24, 2.45) is 5.92 Å². The highest BCUT2D eigenvalue weighted by atomic mass is 35.5. The average molecular weight is 542 g/mol. The number of halogens is 1. The quantitative estimate of drug-likeness (QED) is 0.243. The van der Waals surface area contributed by atoms with Crippen LogP contribution in [0.1, 0.15) is 47.2 Å². The van der Waals surface area contributed by atoms with Crippen molar-refractivity contribution < 1.29 is 9.53 Å². The van der Waals surface area contributed by atoms with Gasteiger partial charge in [0.25, 0.3) is 0 Å². The van der Waals surface area contributed by atoms with Crippen LogP contribution in [-0.4, -0.2) is 26.4 Å². The Morgan fingerprint density at radius 2 is 2.31 bits per heavy atom. The standard InChI is InChI=1S/C26H28ClN5O2S2/c1-4-10-32-23(14-34-18-7-9-21(27)16(3)11-18)30-31-26(32)35-15-24(33)29-25-20(13-28)19-8-6-17(5-2)12-22(19)36-25/h4,7,9,11,17H,1,5-6,8,10,12,14-15H2,2-3H3,(H,29,33). The van der Waals surface area contributed by atoms with Crippen molar-refractivity contribution in [3.05, 3.63) is 63.3 Å². The van der Waals surface area contributed by atoms with E-state index in [0.29, 0.717) is 44.8 Å². The molecular formula is C26H28ClN5O2S2. The second-order valence-electron chi connectivity index (χ2n) is 8.67. The number of thiophene rings is 1. The van der Waals surface area contributed by atoms with Gasteiger partial charge < -0.3 is 10.1 Å². The number of rotatable bonds is 10. The Kier molecular flexibility index (Phi) is 8.72. The normalized spacial score (nSPS) is 14.7. The van der Waals surface area contributed by atoms with Gasteiger partial charge in [-0.3, -0.25) is 9.36 Å². The molecule has 3 aromatic rings. The van der Waals surface area contributed by atoms with Crippen LogP contribution in [0.5, 0.6) is 5.75 Å². The van der Waals surface area contributed by atoms with E-state index in [0.717, 1.165) is 36.8 Å². The molecule has 7 nitrogen and oxygen atoms in total. The number of nitrogens with one attached hydrogen (secondary N) is 1. The number of aryl methyl sites for hydroxylation is 1. The number of anilines is 1. The minimum absolute atomic E-state index is 0.150. The number of thioether (sulfide) groups is 1. The van der Waals surface area contributed by atoms with Crippen molar-refractivity contribution >= 4 is 45.6 Å². The lowest BCUT2D eigenvalue weighted by Gasteiger charge is -2.20. The second kappa shape index (κ2) is 12.0. The van der Waals surface area contributed by atoms with Crippen LogP contribution in [0.4, 0.5) is 5.00 Å². The molecular weight excluding hydrogens is 514 g/mol. The number of ether oxygens (including phenoxy) is 1. The molecule has 0 bridgehead atoms. The second-order valence-corrected chi connectivity index (χ2v) is 11.1. The first-order chi connectivity index (χ1) is 17.4. The zero-order valence-electron chi connectivity index (χ0n) is 20.3. The molecule has 0 saturated heterocycles. The van der Waals surface area contributed by atoms with Crippen LogP contribution in [0.15, 0.2) is 36.0 Å². The Hall–Kier alpha value is -2.80. The van der Waals surface area contributed by atoms with E-state index in [2.05, 4.69) is 35.1 Å². The monoisotopic (exact) mass is 541 g/mol. The van der Waals surface area contributed by atoms with E-state index in [9.17, 15) is 10.1 Å². The Labute approximate surface area is 224 Å². The van der Waals surface area contributed by atoms with E-state index >= 15 is 0 Å². The number of carbonyl (C=O) groups excluding carboxylic acids is 1. The minimum Gasteiger partial charge on any atom is -0.486 e. The maximum Gasteiger partial charge on any atom is 0.235 e. The van der Waals surface area contributed by atoms with Crippen molar-refractivity contribution in [3.63, 3.8) is 0 Å². The Morgan fingerprint density at radius 3 is 3.03 bits per heavy atom. The molecule has 10 heteroatoms. The van der Waals surface area contributed by atoms with Gasteiger partial charge in [0.15, 0.2) is 11.0 Å². The van der Waals surface area contributed by atoms with Gasteiger partial charge in [0.1, 0.15) is 23.4 Å². The molecule has 0 aliphatic heterocycles. The summed E-state index contributed by atoms with van der Waals surface area (Å²) in [6, 6.07) is 7.79. The van der Waals surface area contributed by atoms with Crippen molar-refractivity contribution in [1.82, 2.24) is 14.8 Å². The molecule has 0 spiro atoms. The van der Waals surface area contributed by atoms with Crippen LogP contribution in [-0.2, 0) is 30.8 Å². The third-order valence-corrected chi connectivity index (χ3v) is 8.80. The summed E-state index contributed by atoms with van der Waals surface area (Å²) in [5.74, 6) is 1.95. The first-order valence-corrected chi connectivity index (χ1v) is 14.0. The summed E-state index contributed by atoms with van der Waals surface area (Å²) in [7, 11) is 0. The molecule has 1 N–H and O–H groups in total. The highest BCUT2D eigenvalue weighted by Gasteiger charge is 2.26. The van der Waals surface area contributed by atoms with E-state index < -0.39 is 0 Å². The van der Waals surface area contributed by atoms with Crippen LogP contribution in [0.2, 0.25) is 5.02 Å². The van der Waals surface area contributed by atoms with Gasteiger partial charge in [-0.05, 0) is 61.4 Å². The lowest BCUT2D eigenvalue weighted by atomic mass is 9.86. The molecule has 0 saturated carbocycles. The summed E-state index contributed by atoms with van der Waals surface area (Å²) in [6.07, 6.45) is 5.88. The molecule has 188 valence electrons. The summed E-state index contributed by atoms with van der Waals surface area (Å²) < 4.78 is 7.76. The van der Waals surface area contributed by atoms with E-state index in [-0.39, 0.29) is 18.3 Å². The molecule has 1 atom stereocenters. The number of carbonyl (C=O) groups is 1. The van der Waals surface area contributed by atoms with Gasteiger partial charge in [0.2, 0.25) is 5.91 Å². The molecule has 2 aromatic heterocycles. The SMILES string of the molecule is C=CCn1c(COc2ccc(Cl)c(C)c2)nnc1SCC(=O)Nc1sc2c(c1C#N)CCC(CC)C2. The van der Waals surface area contributed by atoms with Gasteiger partial charge >= 0.3 is 0 Å². The van der Waals surface area contributed by atoms with Crippen LogP contribution >= 0.6 is 34.7 Å². The average Bonchev–Trinajstić information content (AvgIpc) is 3.42. The molecule has 1 aliphatic carbocycles. The lowest BCUT2D eigenvalue weighted by molar-refractivity contribution is -0.113. The van der Waals surface area contributed by atoms with E-state index in [1.807, 2.05) is 23.6 Å². The van der Waals surface area contributed by atoms with Crippen molar-refractivity contribution in [1.29, 1.82) is 5.26 Å². The Bertz CT molecular complexity index is 1310. The van der Waals surface area contributed by atoms with E-state index in [1.165, 1.54) is 16.6 Å². The summed E-state index contributed by atoms with van der Waals surface area (Å²) in [5, 5.41) is 23.1.